The van der Waals surface area contributed by atoms with E-state index >= 15 is 0 Å². The van der Waals surface area contributed by atoms with Crippen molar-refractivity contribution in [3.05, 3.63) is 29.8 Å². The molecule has 0 aliphatic rings. The maximum Gasteiger partial charge on any atom is 0.242 e. The molecular formula is C17H30N2O3S. The van der Waals surface area contributed by atoms with Gasteiger partial charge in [0.25, 0.3) is 0 Å². The average Bonchev–Trinajstić information content (AvgIpc) is 2.43. The number of aliphatic hydroxyl groups is 1. The van der Waals surface area contributed by atoms with E-state index < -0.39 is 10.0 Å². The molecule has 1 aromatic carbocycles. The number of nitrogens with zero attached hydrogens (tertiary/aromatic N) is 1. The largest absolute Gasteiger partial charge is 0.393 e. The van der Waals surface area contributed by atoms with E-state index in [1.807, 2.05) is 13.0 Å². The van der Waals surface area contributed by atoms with Crippen molar-refractivity contribution in [2.24, 2.45) is 5.41 Å². The summed E-state index contributed by atoms with van der Waals surface area (Å²) in [4.78, 5) is 0.303. The molecule has 0 aromatic heterocycles. The van der Waals surface area contributed by atoms with Gasteiger partial charge in [0.05, 0.1) is 11.0 Å². The highest BCUT2D eigenvalue weighted by Crippen LogP contribution is 2.24. The van der Waals surface area contributed by atoms with Gasteiger partial charge in [-0.3, -0.25) is 0 Å². The van der Waals surface area contributed by atoms with E-state index in [0.29, 0.717) is 11.3 Å². The summed E-state index contributed by atoms with van der Waals surface area (Å²) < 4.78 is 25.7. The fraction of sp³-hybridized carbons (Fsp3) is 0.647. The first-order valence-corrected chi connectivity index (χ1v) is 9.34. The highest BCUT2D eigenvalue weighted by Gasteiger charge is 2.22. The zero-order chi connectivity index (χ0) is 17.8. The highest BCUT2D eigenvalue weighted by atomic mass is 32.2. The molecule has 0 aliphatic heterocycles. The molecule has 0 amide bonds. The van der Waals surface area contributed by atoms with Crippen LogP contribution in [-0.2, 0) is 10.0 Å². The Labute approximate surface area is 140 Å². The molecule has 1 aromatic rings. The Hall–Kier alpha value is -0.950. The van der Waals surface area contributed by atoms with Gasteiger partial charge < -0.3 is 10.4 Å². The van der Waals surface area contributed by atoms with Gasteiger partial charge in [0.2, 0.25) is 10.0 Å². The predicted octanol–water partition coefficient (Wildman–Crippen LogP) is 2.38. The quantitative estimate of drug-likeness (QED) is 0.761. The molecular weight excluding hydrogens is 312 g/mol. The highest BCUT2D eigenvalue weighted by molar-refractivity contribution is 7.89. The van der Waals surface area contributed by atoms with Crippen molar-refractivity contribution < 1.29 is 13.5 Å². The van der Waals surface area contributed by atoms with Gasteiger partial charge in [-0.2, -0.15) is 0 Å². The first-order valence-electron chi connectivity index (χ1n) is 7.89. The standard InChI is InChI=1S/C17H30N2O3S/c1-13(20)11-17(3,4)12-18-14(2)15-8-7-9-16(10-15)23(21,22)19(5)6/h7-10,13-14,18,20H,11-12H2,1-6H3. The Morgan fingerprint density at radius 2 is 1.87 bits per heavy atom. The van der Waals surface area contributed by atoms with Crippen molar-refractivity contribution in [1.82, 2.24) is 9.62 Å². The van der Waals surface area contributed by atoms with Gasteiger partial charge in [-0.1, -0.05) is 26.0 Å². The van der Waals surface area contributed by atoms with E-state index in [1.54, 1.807) is 25.1 Å². The lowest BCUT2D eigenvalue weighted by Crippen LogP contribution is -2.33. The third-order valence-electron chi connectivity index (χ3n) is 3.87. The van der Waals surface area contributed by atoms with E-state index in [4.69, 9.17) is 0 Å². The first kappa shape index (κ1) is 20.1. The van der Waals surface area contributed by atoms with Gasteiger partial charge in [0.1, 0.15) is 0 Å². The van der Waals surface area contributed by atoms with Crippen molar-refractivity contribution in [2.75, 3.05) is 20.6 Å². The second kappa shape index (κ2) is 7.75. The molecule has 0 saturated carbocycles. The van der Waals surface area contributed by atoms with E-state index in [0.717, 1.165) is 12.1 Å². The van der Waals surface area contributed by atoms with Crippen molar-refractivity contribution in [3.63, 3.8) is 0 Å². The van der Waals surface area contributed by atoms with Gasteiger partial charge in [0, 0.05) is 26.7 Å². The molecule has 2 N–H and O–H groups in total. The Morgan fingerprint density at radius 1 is 1.26 bits per heavy atom. The third-order valence-corrected chi connectivity index (χ3v) is 5.68. The zero-order valence-electron chi connectivity index (χ0n) is 15.0. The smallest absolute Gasteiger partial charge is 0.242 e. The van der Waals surface area contributed by atoms with Crippen LogP contribution >= 0.6 is 0 Å². The molecule has 0 heterocycles. The Morgan fingerprint density at radius 3 is 2.39 bits per heavy atom. The fourth-order valence-corrected chi connectivity index (χ4v) is 3.53. The van der Waals surface area contributed by atoms with Crippen LogP contribution in [0.1, 0.15) is 45.7 Å². The van der Waals surface area contributed by atoms with Crippen molar-refractivity contribution in [2.45, 2.75) is 51.2 Å². The molecule has 23 heavy (non-hydrogen) atoms. The molecule has 0 saturated heterocycles. The van der Waals surface area contributed by atoms with Crippen LogP contribution < -0.4 is 5.32 Å². The number of hydrogen-bond acceptors (Lipinski definition) is 4. The lowest BCUT2D eigenvalue weighted by Gasteiger charge is -2.28. The Balaban J connectivity index is 2.84. The van der Waals surface area contributed by atoms with Crippen LogP contribution in [0.15, 0.2) is 29.2 Å². The summed E-state index contributed by atoms with van der Waals surface area (Å²) in [5, 5.41) is 13.0. The summed E-state index contributed by atoms with van der Waals surface area (Å²) in [5.74, 6) is 0. The normalized spacial score (nSPS) is 15.7. The minimum Gasteiger partial charge on any atom is -0.393 e. The summed E-state index contributed by atoms with van der Waals surface area (Å²) >= 11 is 0. The van der Waals surface area contributed by atoms with Crippen LogP contribution in [-0.4, -0.2) is 44.6 Å². The summed E-state index contributed by atoms with van der Waals surface area (Å²) in [6.45, 7) is 8.75. The van der Waals surface area contributed by atoms with E-state index in [2.05, 4.69) is 19.2 Å². The van der Waals surface area contributed by atoms with E-state index in [9.17, 15) is 13.5 Å². The molecule has 1 rings (SSSR count). The summed E-state index contributed by atoms with van der Waals surface area (Å²) in [6.07, 6.45) is 0.373. The molecule has 0 bridgehead atoms. The molecule has 0 aliphatic carbocycles. The molecule has 6 heteroatoms. The van der Waals surface area contributed by atoms with E-state index in [-0.39, 0.29) is 17.6 Å². The van der Waals surface area contributed by atoms with Gasteiger partial charge in [-0.25, -0.2) is 12.7 Å². The summed E-state index contributed by atoms with van der Waals surface area (Å²) in [7, 11) is -0.360. The van der Waals surface area contributed by atoms with Crippen molar-refractivity contribution in [3.8, 4) is 0 Å². The van der Waals surface area contributed by atoms with Crippen molar-refractivity contribution >= 4 is 10.0 Å². The SMILES string of the molecule is CC(O)CC(C)(C)CNC(C)c1cccc(S(=O)(=O)N(C)C)c1. The Kier molecular flexibility index (Phi) is 6.77. The summed E-state index contributed by atoms with van der Waals surface area (Å²) in [5.41, 5.74) is 0.899. The molecule has 5 nitrogen and oxygen atoms in total. The fourth-order valence-electron chi connectivity index (χ4n) is 2.57. The topological polar surface area (TPSA) is 69.6 Å². The lowest BCUT2D eigenvalue weighted by atomic mass is 9.86. The van der Waals surface area contributed by atoms with Crippen LogP contribution in [0, 0.1) is 5.41 Å². The van der Waals surface area contributed by atoms with Gasteiger partial charge in [-0.05, 0) is 43.4 Å². The molecule has 0 spiro atoms. The molecule has 0 radical (unpaired) electrons. The van der Waals surface area contributed by atoms with Crippen LogP contribution in [0.5, 0.6) is 0 Å². The monoisotopic (exact) mass is 342 g/mol. The average molecular weight is 343 g/mol. The molecule has 132 valence electrons. The Bertz CT molecular complexity index is 610. The molecule has 0 fully saturated rings. The van der Waals surface area contributed by atoms with Crippen LogP contribution in [0.25, 0.3) is 0 Å². The number of hydrogen-bond donors (Lipinski definition) is 2. The minimum atomic E-state index is -3.42. The lowest BCUT2D eigenvalue weighted by molar-refractivity contribution is 0.127. The number of rotatable bonds is 8. The van der Waals surface area contributed by atoms with Gasteiger partial charge in [0.15, 0.2) is 0 Å². The number of aliphatic hydroxyl groups excluding tert-OH is 1. The number of nitrogens with one attached hydrogen (secondary N) is 1. The van der Waals surface area contributed by atoms with Gasteiger partial charge in [-0.15, -0.1) is 0 Å². The van der Waals surface area contributed by atoms with Crippen LogP contribution in [0.4, 0.5) is 0 Å². The number of benzene rings is 1. The second-order valence-corrected chi connectivity index (χ2v) is 9.33. The predicted molar refractivity (Wildman–Crippen MR) is 93.8 cm³/mol. The minimum absolute atomic E-state index is 0.0283. The van der Waals surface area contributed by atoms with Crippen LogP contribution in [0.3, 0.4) is 0 Å². The van der Waals surface area contributed by atoms with Crippen LogP contribution in [0.2, 0.25) is 0 Å². The molecule has 2 atom stereocenters. The van der Waals surface area contributed by atoms with Gasteiger partial charge >= 0.3 is 0 Å². The maximum atomic E-state index is 12.2. The number of sulfonamides is 1. The molecule has 2 unspecified atom stereocenters. The first-order chi connectivity index (χ1) is 10.5. The van der Waals surface area contributed by atoms with Crippen molar-refractivity contribution in [1.29, 1.82) is 0 Å². The second-order valence-electron chi connectivity index (χ2n) is 7.18. The summed E-state index contributed by atoms with van der Waals surface area (Å²) in [6, 6.07) is 7.05. The third kappa shape index (κ3) is 5.88. The maximum absolute atomic E-state index is 12.2. The zero-order valence-corrected chi connectivity index (χ0v) is 15.8. The van der Waals surface area contributed by atoms with E-state index in [1.165, 1.54) is 18.4 Å².